The van der Waals surface area contributed by atoms with Crippen molar-refractivity contribution in [3.8, 4) is 0 Å². The molecule has 0 radical (unpaired) electrons. The number of benzene rings is 1. The van der Waals surface area contributed by atoms with E-state index in [2.05, 4.69) is 16.0 Å². The first-order chi connectivity index (χ1) is 19.1. The summed E-state index contributed by atoms with van der Waals surface area (Å²) in [7, 11) is 1.66. The van der Waals surface area contributed by atoms with Gasteiger partial charge in [-0.15, -0.1) is 0 Å². The molecule has 0 aromatic heterocycles. The van der Waals surface area contributed by atoms with Crippen molar-refractivity contribution in [2.75, 3.05) is 26.7 Å². The number of aliphatic hydroxyl groups is 1. The number of aliphatic hydroxyl groups excluding tert-OH is 1. The van der Waals surface area contributed by atoms with Crippen molar-refractivity contribution in [2.45, 2.75) is 94.1 Å². The predicted octanol–water partition coefficient (Wildman–Crippen LogP) is 1.35. The van der Waals surface area contributed by atoms with Gasteiger partial charge in [-0.1, -0.05) is 43.5 Å². The van der Waals surface area contributed by atoms with E-state index >= 15 is 0 Å². The van der Waals surface area contributed by atoms with Crippen molar-refractivity contribution in [1.82, 2.24) is 25.8 Å². The summed E-state index contributed by atoms with van der Waals surface area (Å²) in [5, 5.41) is 19.5. The van der Waals surface area contributed by atoms with Crippen LogP contribution in [0.15, 0.2) is 24.3 Å². The lowest BCUT2D eigenvalue weighted by Gasteiger charge is -2.45. The van der Waals surface area contributed by atoms with Crippen molar-refractivity contribution >= 4 is 17.7 Å². The molecule has 11 heteroatoms. The van der Waals surface area contributed by atoms with Gasteiger partial charge < -0.3 is 26.0 Å². The number of piperazine rings is 1. The largest absolute Gasteiger partial charge is 0.390 e. The van der Waals surface area contributed by atoms with E-state index in [9.17, 15) is 28.3 Å². The zero-order chi connectivity index (χ0) is 28.6. The van der Waals surface area contributed by atoms with Crippen molar-refractivity contribution in [3.05, 3.63) is 35.4 Å². The zero-order valence-electron chi connectivity index (χ0n) is 23.2. The number of rotatable bonds is 7. The molecule has 1 aromatic carbocycles. The second-order valence-corrected chi connectivity index (χ2v) is 12.0. The monoisotopic (exact) mass is 561 g/mol. The van der Waals surface area contributed by atoms with Gasteiger partial charge in [-0.05, 0) is 43.9 Å². The average molecular weight is 562 g/mol. The third-order valence-electron chi connectivity index (χ3n) is 9.28. The molecule has 0 unspecified atom stereocenters. The number of likely N-dealkylation sites (N-methyl/N-ethyl adjacent to an activating group) is 1. The van der Waals surface area contributed by atoms with Crippen LogP contribution in [0.4, 0.5) is 8.78 Å². The van der Waals surface area contributed by atoms with E-state index in [1.165, 1.54) is 4.90 Å². The fraction of sp³-hybridized carbons (Fsp3) is 0.690. The Morgan fingerprint density at radius 1 is 1.10 bits per heavy atom. The van der Waals surface area contributed by atoms with E-state index in [0.29, 0.717) is 6.42 Å². The number of nitrogens with one attached hydrogen (secondary N) is 3. The lowest BCUT2D eigenvalue weighted by Crippen LogP contribution is -2.66. The summed E-state index contributed by atoms with van der Waals surface area (Å²) in [6, 6.07) is 3.87. The summed E-state index contributed by atoms with van der Waals surface area (Å²) in [5.74, 6) is -4.19. The Morgan fingerprint density at radius 2 is 1.82 bits per heavy atom. The Morgan fingerprint density at radius 3 is 2.55 bits per heavy atom. The quantitative estimate of drug-likeness (QED) is 0.400. The van der Waals surface area contributed by atoms with Crippen LogP contribution in [0.1, 0.15) is 62.6 Å². The summed E-state index contributed by atoms with van der Waals surface area (Å²) in [6.07, 6.45) is 3.68. The molecule has 3 fully saturated rings. The Hall–Kier alpha value is -2.63. The number of hydrogen-bond donors (Lipinski definition) is 4. The van der Waals surface area contributed by atoms with E-state index in [1.54, 1.807) is 18.9 Å². The van der Waals surface area contributed by atoms with E-state index in [4.69, 9.17) is 0 Å². The van der Waals surface area contributed by atoms with Crippen molar-refractivity contribution in [2.24, 2.45) is 5.92 Å². The molecule has 40 heavy (non-hydrogen) atoms. The highest BCUT2D eigenvalue weighted by Crippen LogP contribution is 2.37. The highest BCUT2D eigenvalue weighted by molar-refractivity contribution is 5.93. The predicted molar refractivity (Wildman–Crippen MR) is 144 cm³/mol. The minimum absolute atomic E-state index is 0.0169. The van der Waals surface area contributed by atoms with Gasteiger partial charge in [-0.25, -0.2) is 8.78 Å². The average Bonchev–Trinajstić information content (AvgIpc) is 3.43. The third-order valence-corrected chi connectivity index (χ3v) is 9.28. The van der Waals surface area contributed by atoms with Gasteiger partial charge in [0.2, 0.25) is 17.7 Å². The van der Waals surface area contributed by atoms with E-state index in [1.807, 2.05) is 24.3 Å². The van der Waals surface area contributed by atoms with Gasteiger partial charge in [0.25, 0.3) is 5.92 Å². The maximum Gasteiger partial charge on any atom is 0.262 e. The van der Waals surface area contributed by atoms with Crippen molar-refractivity contribution in [1.29, 1.82) is 0 Å². The fourth-order valence-electron chi connectivity index (χ4n) is 6.94. The molecular weight excluding hydrogens is 520 g/mol. The molecular formula is C29H41F2N5O4. The molecule has 0 spiro atoms. The van der Waals surface area contributed by atoms with Crippen LogP contribution in [0.3, 0.4) is 0 Å². The molecule has 2 saturated heterocycles. The number of halogens is 2. The number of hydrogen-bond acceptors (Lipinski definition) is 6. The molecule has 4 aliphatic rings. The van der Waals surface area contributed by atoms with Crippen LogP contribution in [0.25, 0.3) is 0 Å². The summed E-state index contributed by atoms with van der Waals surface area (Å²) in [6.45, 7) is 1.20. The van der Waals surface area contributed by atoms with Gasteiger partial charge in [0.1, 0.15) is 12.1 Å². The van der Waals surface area contributed by atoms with Crippen LogP contribution >= 0.6 is 0 Å². The molecule has 220 valence electrons. The van der Waals surface area contributed by atoms with Crippen LogP contribution in [0.2, 0.25) is 0 Å². The van der Waals surface area contributed by atoms with Gasteiger partial charge in [0.15, 0.2) is 0 Å². The minimum Gasteiger partial charge on any atom is -0.390 e. The lowest BCUT2D eigenvalue weighted by atomic mass is 9.82. The third kappa shape index (κ3) is 5.87. The standard InChI is InChI=1S/C29H41F2N5O4/c1-17(32-2)26(38)33-24(18-8-4-3-5-9-18)28(40)36-14-20-13-29(30,31)16-35(20)15-22(36)27(39)34-25-21-11-7-6-10-19(21)12-23(25)37/h6-7,10-11,17-18,20,22-25,32,37H,3-5,8-9,12-16H2,1-2H3,(H,33,38)(H,34,39)/t17-,20+,22-,23-,24-,25-/m0/s1. The van der Waals surface area contributed by atoms with Crippen LogP contribution in [-0.4, -0.2) is 95.5 Å². The zero-order valence-corrected chi connectivity index (χ0v) is 23.2. The number of amides is 3. The second kappa shape index (κ2) is 11.7. The lowest BCUT2D eigenvalue weighted by molar-refractivity contribution is -0.149. The number of carbonyl (C=O) groups is 3. The molecule has 4 N–H and O–H groups in total. The van der Waals surface area contributed by atoms with Gasteiger partial charge in [-0.3, -0.25) is 19.3 Å². The molecule has 1 saturated carbocycles. The number of carbonyl (C=O) groups excluding carboxylic acids is 3. The van der Waals surface area contributed by atoms with Gasteiger partial charge in [-0.2, -0.15) is 0 Å². The van der Waals surface area contributed by atoms with Gasteiger partial charge in [0, 0.05) is 32.0 Å². The molecule has 0 bridgehead atoms. The van der Waals surface area contributed by atoms with Crippen LogP contribution in [-0.2, 0) is 20.8 Å². The first kappa shape index (κ1) is 28.9. The summed E-state index contributed by atoms with van der Waals surface area (Å²) >= 11 is 0. The van der Waals surface area contributed by atoms with Gasteiger partial charge in [0.05, 0.1) is 24.7 Å². The highest BCUT2D eigenvalue weighted by Gasteiger charge is 2.52. The molecule has 5 rings (SSSR count). The maximum absolute atomic E-state index is 14.5. The Labute approximate surface area is 234 Å². The minimum atomic E-state index is -2.90. The number of nitrogens with zero attached hydrogens (tertiary/aromatic N) is 2. The molecule has 3 amide bonds. The Bertz CT molecular complexity index is 1110. The fourth-order valence-corrected chi connectivity index (χ4v) is 6.94. The topological polar surface area (TPSA) is 114 Å². The van der Waals surface area contributed by atoms with Crippen LogP contribution in [0.5, 0.6) is 0 Å². The molecule has 2 heterocycles. The van der Waals surface area contributed by atoms with Crippen LogP contribution < -0.4 is 16.0 Å². The van der Waals surface area contributed by atoms with E-state index < -0.39 is 60.6 Å². The van der Waals surface area contributed by atoms with E-state index in [-0.39, 0.29) is 31.3 Å². The first-order valence-corrected chi connectivity index (χ1v) is 14.5. The molecule has 6 atom stereocenters. The summed E-state index contributed by atoms with van der Waals surface area (Å²) < 4.78 is 28.9. The SMILES string of the molecule is CN[C@@H](C)C(=O)N[C@H](C(=O)N1C[C@H]2CC(F)(F)CN2C[C@H]1C(=O)N[C@H]1c2ccccc2C[C@@H]1O)C1CCCCC1. The molecule has 2 aliphatic carbocycles. The van der Waals surface area contributed by atoms with Crippen molar-refractivity contribution in [3.63, 3.8) is 0 Å². The maximum atomic E-state index is 14.5. The molecule has 2 aliphatic heterocycles. The molecule has 9 nitrogen and oxygen atoms in total. The van der Waals surface area contributed by atoms with Crippen molar-refractivity contribution < 1.29 is 28.3 Å². The Balaban J connectivity index is 1.42. The molecule has 1 aromatic rings. The van der Waals surface area contributed by atoms with Crippen LogP contribution in [0, 0.1) is 5.92 Å². The number of fused-ring (bicyclic) bond motifs is 2. The normalized spacial score (nSPS) is 29.8. The summed E-state index contributed by atoms with van der Waals surface area (Å²) in [4.78, 5) is 44.0. The van der Waals surface area contributed by atoms with Gasteiger partial charge >= 0.3 is 0 Å². The smallest absolute Gasteiger partial charge is 0.262 e. The number of alkyl halides is 2. The van der Waals surface area contributed by atoms with E-state index in [0.717, 1.165) is 43.2 Å². The summed E-state index contributed by atoms with van der Waals surface area (Å²) in [5.41, 5.74) is 1.76. The highest BCUT2D eigenvalue weighted by atomic mass is 19.3. The second-order valence-electron chi connectivity index (χ2n) is 12.0. The first-order valence-electron chi connectivity index (χ1n) is 14.5. The Kier molecular flexibility index (Phi) is 8.45.